The standard InChI is InChI=1S/C13H19N3O2S/c1-2-16-12(11-7-6-9-18-11)14-15-13(16)19-10-5-3-4-8-17/h6-7,9,17H,2-5,8,10H2,1H3. The number of aliphatic hydroxyl groups is 1. The first-order valence-corrected chi connectivity index (χ1v) is 7.56. The Kier molecular flexibility index (Phi) is 5.47. The SMILES string of the molecule is CCn1c(SCCCCCO)nnc1-c1ccco1. The lowest BCUT2D eigenvalue weighted by Crippen LogP contribution is -1.99. The molecule has 0 spiro atoms. The summed E-state index contributed by atoms with van der Waals surface area (Å²) in [5, 5.41) is 18.1. The minimum absolute atomic E-state index is 0.276. The van der Waals surface area contributed by atoms with Crippen LogP contribution >= 0.6 is 11.8 Å². The van der Waals surface area contributed by atoms with E-state index in [9.17, 15) is 0 Å². The maximum Gasteiger partial charge on any atom is 0.200 e. The number of thioether (sulfide) groups is 1. The highest BCUT2D eigenvalue weighted by Gasteiger charge is 2.14. The van der Waals surface area contributed by atoms with Gasteiger partial charge in [0.05, 0.1) is 6.26 Å². The van der Waals surface area contributed by atoms with Crippen molar-refractivity contribution >= 4 is 11.8 Å². The minimum Gasteiger partial charge on any atom is -0.461 e. The Morgan fingerprint density at radius 3 is 2.89 bits per heavy atom. The van der Waals surface area contributed by atoms with Crippen molar-refractivity contribution in [3.05, 3.63) is 18.4 Å². The molecule has 0 aromatic carbocycles. The normalized spacial score (nSPS) is 11.1. The van der Waals surface area contributed by atoms with Gasteiger partial charge < -0.3 is 9.52 Å². The van der Waals surface area contributed by atoms with Crippen LogP contribution in [0.5, 0.6) is 0 Å². The lowest BCUT2D eigenvalue weighted by Gasteiger charge is -2.05. The lowest BCUT2D eigenvalue weighted by atomic mass is 10.3. The van der Waals surface area contributed by atoms with Crippen molar-refractivity contribution < 1.29 is 9.52 Å². The molecular formula is C13H19N3O2S. The van der Waals surface area contributed by atoms with Gasteiger partial charge in [-0.3, -0.25) is 4.57 Å². The molecule has 0 saturated heterocycles. The Hall–Kier alpha value is -1.27. The van der Waals surface area contributed by atoms with Gasteiger partial charge in [-0.2, -0.15) is 0 Å². The number of hydrogen-bond donors (Lipinski definition) is 1. The van der Waals surface area contributed by atoms with Gasteiger partial charge in [-0.25, -0.2) is 0 Å². The van der Waals surface area contributed by atoms with E-state index in [1.165, 1.54) is 0 Å². The first-order valence-electron chi connectivity index (χ1n) is 6.57. The molecule has 0 aliphatic carbocycles. The number of nitrogens with zero attached hydrogens (tertiary/aromatic N) is 3. The van der Waals surface area contributed by atoms with Crippen LogP contribution in [0, 0.1) is 0 Å². The minimum atomic E-state index is 0.276. The van der Waals surface area contributed by atoms with Crippen molar-refractivity contribution in [2.24, 2.45) is 0 Å². The number of furan rings is 1. The van der Waals surface area contributed by atoms with E-state index in [1.807, 2.05) is 12.1 Å². The zero-order valence-corrected chi connectivity index (χ0v) is 11.9. The van der Waals surface area contributed by atoms with Crippen LogP contribution < -0.4 is 0 Å². The third kappa shape index (κ3) is 3.61. The molecule has 2 aromatic heterocycles. The van der Waals surface area contributed by atoms with Crippen LogP contribution in [0.3, 0.4) is 0 Å². The second-order valence-electron chi connectivity index (χ2n) is 4.16. The smallest absolute Gasteiger partial charge is 0.200 e. The summed E-state index contributed by atoms with van der Waals surface area (Å²) in [5.41, 5.74) is 0. The highest BCUT2D eigenvalue weighted by atomic mass is 32.2. The molecule has 19 heavy (non-hydrogen) atoms. The molecule has 0 aliphatic rings. The molecule has 0 amide bonds. The quantitative estimate of drug-likeness (QED) is 0.595. The van der Waals surface area contributed by atoms with Crippen molar-refractivity contribution in [1.29, 1.82) is 0 Å². The maximum atomic E-state index is 8.73. The predicted octanol–water partition coefficient (Wildman–Crippen LogP) is 2.81. The summed E-state index contributed by atoms with van der Waals surface area (Å²) in [4.78, 5) is 0. The summed E-state index contributed by atoms with van der Waals surface area (Å²) in [6, 6.07) is 3.75. The van der Waals surface area contributed by atoms with Gasteiger partial charge in [-0.15, -0.1) is 10.2 Å². The van der Waals surface area contributed by atoms with E-state index in [2.05, 4.69) is 21.7 Å². The monoisotopic (exact) mass is 281 g/mol. The molecule has 0 unspecified atom stereocenters. The first-order chi connectivity index (χ1) is 9.36. The van der Waals surface area contributed by atoms with Crippen molar-refractivity contribution in [2.45, 2.75) is 37.9 Å². The fourth-order valence-electron chi connectivity index (χ4n) is 1.82. The summed E-state index contributed by atoms with van der Waals surface area (Å²) >= 11 is 1.71. The largest absolute Gasteiger partial charge is 0.461 e. The Bertz CT molecular complexity index is 482. The van der Waals surface area contributed by atoms with Crippen molar-refractivity contribution in [3.8, 4) is 11.6 Å². The number of aromatic nitrogens is 3. The maximum absolute atomic E-state index is 8.73. The fourth-order valence-corrected chi connectivity index (χ4v) is 2.82. The van der Waals surface area contributed by atoms with E-state index in [4.69, 9.17) is 9.52 Å². The van der Waals surface area contributed by atoms with Gasteiger partial charge in [0.1, 0.15) is 0 Å². The molecule has 0 atom stereocenters. The Labute approximate surface area is 117 Å². The van der Waals surface area contributed by atoms with E-state index < -0.39 is 0 Å². The van der Waals surface area contributed by atoms with E-state index in [-0.39, 0.29) is 6.61 Å². The molecule has 5 nitrogen and oxygen atoms in total. The molecule has 104 valence electrons. The topological polar surface area (TPSA) is 64.1 Å². The summed E-state index contributed by atoms with van der Waals surface area (Å²) in [6.07, 6.45) is 4.65. The molecule has 0 fully saturated rings. The van der Waals surface area contributed by atoms with Gasteiger partial charge in [0.25, 0.3) is 0 Å². The Morgan fingerprint density at radius 1 is 1.32 bits per heavy atom. The van der Waals surface area contributed by atoms with E-state index in [0.717, 1.165) is 48.3 Å². The summed E-state index contributed by atoms with van der Waals surface area (Å²) in [7, 11) is 0. The zero-order valence-electron chi connectivity index (χ0n) is 11.1. The summed E-state index contributed by atoms with van der Waals surface area (Å²) < 4.78 is 7.44. The first kappa shape index (κ1) is 14.1. The van der Waals surface area contributed by atoms with Crippen LogP contribution in [0.15, 0.2) is 28.0 Å². The van der Waals surface area contributed by atoms with Crippen molar-refractivity contribution in [2.75, 3.05) is 12.4 Å². The van der Waals surface area contributed by atoms with Gasteiger partial charge in [0, 0.05) is 18.9 Å². The highest BCUT2D eigenvalue weighted by Crippen LogP contribution is 2.24. The van der Waals surface area contributed by atoms with Gasteiger partial charge in [0.15, 0.2) is 16.7 Å². The lowest BCUT2D eigenvalue weighted by molar-refractivity contribution is 0.284. The fraction of sp³-hybridized carbons (Fsp3) is 0.538. The number of hydrogen-bond acceptors (Lipinski definition) is 5. The molecule has 1 N–H and O–H groups in total. The van der Waals surface area contributed by atoms with E-state index in [0.29, 0.717) is 0 Å². The average Bonchev–Trinajstić information content (AvgIpc) is 3.06. The van der Waals surface area contributed by atoms with Crippen LogP contribution in [0.4, 0.5) is 0 Å². The van der Waals surface area contributed by atoms with Crippen LogP contribution in [0.2, 0.25) is 0 Å². The van der Waals surface area contributed by atoms with Gasteiger partial charge >= 0.3 is 0 Å². The van der Waals surface area contributed by atoms with Crippen molar-refractivity contribution in [3.63, 3.8) is 0 Å². The Morgan fingerprint density at radius 2 is 2.21 bits per heavy atom. The third-order valence-corrected chi connectivity index (χ3v) is 3.86. The molecular weight excluding hydrogens is 262 g/mol. The number of rotatable bonds is 8. The molecule has 2 aromatic rings. The Balaban J connectivity index is 1.98. The number of unbranched alkanes of at least 4 members (excludes halogenated alkanes) is 2. The summed E-state index contributed by atoms with van der Waals surface area (Å²) in [6.45, 7) is 3.17. The van der Waals surface area contributed by atoms with Gasteiger partial charge in [0.2, 0.25) is 0 Å². The molecule has 0 saturated carbocycles. The molecule has 2 rings (SSSR count). The average molecular weight is 281 g/mol. The molecule has 0 radical (unpaired) electrons. The third-order valence-electron chi connectivity index (χ3n) is 2.81. The molecule has 0 bridgehead atoms. The van der Waals surface area contributed by atoms with Gasteiger partial charge in [-0.1, -0.05) is 18.2 Å². The predicted molar refractivity (Wildman–Crippen MR) is 75.1 cm³/mol. The highest BCUT2D eigenvalue weighted by molar-refractivity contribution is 7.99. The molecule has 2 heterocycles. The van der Waals surface area contributed by atoms with Crippen LogP contribution in [-0.2, 0) is 6.54 Å². The molecule has 0 aliphatic heterocycles. The van der Waals surface area contributed by atoms with E-state index >= 15 is 0 Å². The summed E-state index contributed by atoms with van der Waals surface area (Å²) in [5.74, 6) is 2.53. The van der Waals surface area contributed by atoms with Gasteiger partial charge in [-0.05, 0) is 31.9 Å². The van der Waals surface area contributed by atoms with Crippen molar-refractivity contribution in [1.82, 2.24) is 14.8 Å². The van der Waals surface area contributed by atoms with Crippen LogP contribution in [-0.4, -0.2) is 32.2 Å². The second-order valence-corrected chi connectivity index (χ2v) is 5.22. The zero-order chi connectivity index (χ0) is 13.5. The van der Waals surface area contributed by atoms with Crippen LogP contribution in [0.25, 0.3) is 11.6 Å². The van der Waals surface area contributed by atoms with Crippen LogP contribution in [0.1, 0.15) is 26.2 Å². The van der Waals surface area contributed by atoms with E-state index in [1.54, 1.807) is 18.0 Å². The second kappa shape index (κ2) is 7.35. The number of aliphatic hydroxyl groups excluding tert-OH is 1. The molecule has 6 heteroatoms.